The smallest absolute Gasteiger partial charge is 0.338 e. The van der Waals surface area contributed by atoms with Crippen molar-refractivity contribution in [3.63, 3.8) is 0 Å². The van der Waals surface area contributed by atoms with Gasteiger partial charge in [-0.3, -0.25) is 4.79 Å². The molecular formula is C19H19BrClNO4. The van der Waals surface area contributed by atoms with E-state index in [-0.39, 0.29) is 19.1 Å². The summed E-state index contributed by atoms with van der Waals surface area (Å²) in [6, 6.07) is 8.31. The molecule has 2 aromatic rings. The molecule has 0 atom stereocenters. The largest absolute Gasteiger partial charge is 0.483 e. The summed E-state index contributed by atoms with van der Waals surface area (Å²) in [6.07, 6.45) is 0. The first-order valence-corrected chi connectivity index (χ1v) is 9.15. The molecule has 2 aromatic carbocycles. The van der Waals surface area contributed by atoms with Gasteiger partial charge in [-0.05, 0) is 72.1 Å². The van der Waals surface area contributed by atoms with Crippen LogP contribution in [0.1, 0.15) is 28.4 Å². The van der Waals surface area contributed by atoms with Crippen molar-refractivity contribution in [3.8, 4) is 5.75 Å². The van der Waals surface area contributed by atoms with Crippen molar-refractivity contribution in [1.29, 1.82) is 0 Å². The first-order valence-electron chi connectivity index (χ1n) is 7.98. The van der Waals surface area contributed by atoms with Gasteiger partial charge in [-0.1, -0.05) is 17.7 Å². The monoisotopic (exact) mass is 439 g/mol. The topological polar surface area (TPSA) is 64.6 Å². The predicted octanol–water partition coefficient (Wildman–Crippen LogP) is 4.91. The Morgan fingerprint density at radius 2 is 1.96 bits per heavy atom. The number of carbonyl (C=O) groups excluding carboxylic acids is 2. The minimum absolute atomic E-state index is 0.178. The van der Waals surface area contributed by atoms with Crippen LogP contribution in [0.15, 0.2) is 34.8 Å². The fraction of sp³-hybridized carbons (Fsp3) is 0.263. The van der Waals surface area contributed by atoms with Gasteiger partial charge in [-0.15, -0.1) is 0 Å². The Balaban J connectivity index is 2.02. The quantitative estimate of drug-likeness (QED) is 0.648. The van der Waals surface area contributed by atoms with E-state index in [1.54, 1.807) is 37.3 Å². The molecule has 0 spiro atoms. The van der Waals surface area contributed by atoms with Gasteiger partial charge in [0.25, 0.3) is 5.91 Å². The fourth-order valence-electron chi connectivity index (χ4n) is 2.28. The highest BCUT2D eigenvalue weighted by Gasteiger charge is 2.13. The molecule has 26 heavy (non-hydrogen) atoms. The Kier molecular flexibility index (Phi) is 7.06. The lowest BCUT2D eigenvalue weighted by Gasteiger charge is -2.13. The molecule has 2 rings (SSSR count). The zero-order valence-corrected chi connectivity index (χ0v) is 17.0. The molecule has 0 aliphatic heterocycles. The van der Waals surface area contributed by atoms with E-state index in [0.717, 1.165) is 11.1 Å². The minimum Gasteiger partial charge on any atom is -0.483 e. The molecule has 5 nitrogen and oxygen atoms in total. The SMILES string of the molecule is CCOC(=O)c1cccc(NC(=O)COc2cc(C)c(Cl)c(C)c2Br)c1. The number of benzene rings is 2. The Hall–Kier alpha value is -2.05. The highest BCUT2D eigenvalue weighted by molar-refractivity contribution is 9.10. The van der Waals surface area contributed by atoms with Gasteiger partial charge < -0.3 is 14.8 Å². The van der Waals surface area contributed by atoms with Crippen LogP contribution >= 0.6 is 27.5 Å². The molecule has 0 bridgehead atoms. The van der Waals surface area contributed by atoms with Crippen LogP contribution in [0.2, 0.25) is 5.02 Å². The fourth-order valence-corrected chi connectivity index (χ4v) is 2.97. The first-order chi connectivity index (χ1) is 12.3. The van der Waals surface area contributed by atoms with E-state index < -0.39 is 5.97 Å². The van der Waals surface area contributed by atoms with Crippen LogP contribution < -0.4 is 10.1 Å². The predicted molar refractivity (Wildman–Crippen MR) is 105 cm³/mol. The van der Waals surface area contributed by atoms with Crippen molar-refractivity contribution in [2.75, 3.05) is 18.5 Å². The summed E-state index contributed by atoms with van der Waals surface area (Å²) >= 11 is 9.61. The molecule has 0 heterocycles. The maximum Gasteiger partial charge on any atom is 0.338 e. The van der Waals surface area contributed by atoms with Crippen LogP contribution in [-0.4, -0.2) is 25.1 Å². The maximum absolute atomic E-state index is 12.1. The second-order valence-electron chi connectivity index (χ2n) is 5.58. The second-order valence-corrected chi connectivity index (χ2v) is 6.75. The standard InChI is InChI=1S/C19H19BrClNO4/c1-4-25-19(24)13-6-5-7-14(9-13)22-16(23)10-26-15-8-11(2)18(21)12(3)17(15)20/h5-9H,4,10H2,1-3H3,(H,22,23). The van der Waals surface area contributed by atoms with Crippen LogP contribution in [-0.2, 0) is 9.53 Å². The van der Waals surface area contributed by atoms with Crippen molar-refractivity contribution in [2.45, 2.75) is 20.8 Å². The highest BCUT2D eigenvalue weighted by Crippen LogP contribution is 2.35. The average molecular weight is 441 g/mol. The van der Waals surface area contributed by atoms with Gasteiger partial charge in [0.2, 0.25) is 0 Å². The van der Waals surface area contributed by atoms with Crippen molar-refractivity contribution in [3.05, 3.63) is 56.5 Å². The number of rotatable bonds is 6. The lowest BCUT2D eigenvalue weighted by molar-refractivity contribution is -0.118. The molecule has 0 saturated heterocycles. The van der Waals surface area contributed by atoms with Crippen LogP contribution in [0.25, 0.3) is 0 Å². The third-order valence-corrected chi connectivity index (χ3v) is 5.15. The number of anilines is 1. The summed E-state index contributed by atoms with van der Waals surface area (Å²) < 4.78 is 11.3. The summed E-state index contributed by atoms with van der Waals surface area (Å²) in [5.41, 5.74) is 2.58. The number of nitrogens with one attached hydrogen (secondary N) is 1. The Bertz CT molecular complexity index is 839. The number of amides is 1. The number of ether oxygens (including phenoxy) is 2. The third-order valence-electron chi connectivity index (χ3n) is 3.58. The molecule has 0 saturated carbocycles. The minimum atomic E-state index is -0.434. The van der Waals surface area contributed by atoms with E-state index in [2.05, 4.69) is 21.2 Å². The summed E-state index contributed by atoms with van der Waals surface area (Å²) in [7, 11) is 0. The Labute approximate surface area is 165 Å². The number of esters is 1. The lowest BCUT2D eigenvalue weighted by Crippen LogP contribution is -2.20. The van der Waals surface area contributed by atoms with Gasteiger partial charge >= 0.3 is 5.97 Å². The average Bonchev–Trinajstić information content (AvgIpc) is 2.62. The lowest BCUT2D eigenvalue weighted by atomic mass is 10.1. The highest BCUT2D eigenvalue weighted by atomic mass is 79.9. The van der Waals surface area contributed by atoms with Crippen LogP contribution in [0, 0.1) is 13.8 Å². The Morgan fingerprint density at radius 3 is 2.65 bits per heavy atom. The van der Waals surface area contributed by atoms with Crippen molar-refractivity contribution < 1.29 is 19.1 Å². The number of aryl methyl sites for hydroxylation is 1. The van der Waals surface area contributed by atoms with Crippen molar-refractivity contribution in [1.82, 2.24) is 0 Å². The first kappa shape index (κ1) is 20.3. The maximum atomic E-state index is 12.1. The normalized spacial score (nSPS) is 10.3. The summed E-state index contributed by atoms with van der Waals surface area (Å²) in [5, 5.41) is 3.35. The number of halogens is 2. The third kappa shape index (κ3) is 4.99. The van der Waals surface area contributed by atoms with E-state index in [0.29, 0.717) is 26.5 Å². The molecule has 0 aromatic heterocycles. The molecule has 0 aliphatic rings. The van der Waals surface area contributed by atoms with Crippen LogP contribution in [0.5, 0.6) is 5.75 Å². The second kappa shape index (κ2) is 9.05. The van der Waals surface area contributed by atoms with Gasteiger partial charge in [0, 0.05) is 10.7 Å². The van der Waals surface area contributed by atoms with E-state index in [9.17, 15) is 9.59 Å². The molecule has 0 unspecified atom stereocenters. The van der Waals surface area contributed by atoms with Gasteiger partial charge in [0.05, 0.1) is 16.6 Å². The summed E-state index contributed by atoms with van der Waals surface area (Å²) in [6.45, 7) is 5.59. The molecule has 1 amide bonds. The number of hydrogen-bond donors (Lipinski definition) is 1. The zero-order valence-electron chi connectivity index (χ0n) is 14.7. The number of hydrogen-bond acceptors (Lipinski definition) is 4. The van der Waals surface area contributed by atoms with Crippen molar-refractivity contribution >= 4 is 45.1 Å². The van der Waals surface area contributed by atoms with Gasteiger partial charge in [-0.25, -0.2) is 4.79 Å². The van der Waals surface area contributed by atoms with E-state index in [4.69, 9.17) is 21.1 Å². The van der Waals surface area contributed by atoms with Gasteiger partial charge in [0.15, 0.2) is 6.61 Å². The van der Waals surface area contributed by atoms with Gasteiger partial charge in [-0.2, -0.15) is 0 Å². The summed E-state index contributed by atoms with van der Waals surface area (Å²) in [5.74, 6) is -0.237. The van der Waals surface area contributed by atoms with E-state index >= 15 is 0 Å². The molecule has 1 N–H and O–H groups in total. The molecular weight excluding hydrogens is 422 g/mol. The van der Waals surface area contributed by atoms with Gasteiger partial charge in [0.1, 0.15) is 5.75 Å². The molecule has 7 heteroatoms. The van der Waals surface area contributed by atoms with E-state index in [1.165, 1.54) is 0 Å². The molecule has 0 radical (unpaired) electrons. The molecule has 0 fully saturated rings. The molecule has 0 aliphatic carbocycles. The van der Waals surface area contributed by atoms with Crippen molar-refractivity contribution in [2.24, 2.45) is 0 Å². The number of carbonyl (C=O) groups is 2. The Morgan fingerprint density at radius 1 is 1.23 bits per heavy atom. The zero-order chi connectivity index (χ0) is 19.3. The van der Waals surface area contributed by atoms with Crippen LogP contribution in [0.4, 0.5) is 5.69 Å². The molecule has 138 valence electrons. The van der Waals surface area contributed by atoms with Crippen LogP contribution in [0.3, 0.4) is 0 Å². The summed E-state index contributed by atoms with van der Waals surface area (Å²) in [4.78, 5) is 23.9. The van der Waals surface area contributed by atoms with E-state index in [1.807, 2.05) is 13.8 Å².